The maximum atomic E-state index is 12.8. The number of halogens is 1. The lowest BCUT2D eigenvalue weighted by Crippen LogP contribution is -2.33. The lowest BCUT2D eigenvalue weighted by Gasteiger charge is -2.21. The van der Waals surface area contributed by atoms with Crippen molar-refractivity contribution in [2.24, 2.45) is 0 Å². The highest BCUT2D eigenvalue weighted by atomic mass is 35.5. The van der Waals surface area contributed by atoms with Gasteiger partial charge in [0.05, 0.1) is 35.4 Å². The van der Waals surface area contributed by atoms with E-state index in [-0.39, 0.29) is 21.5 Å². The van der Waals surface area contributed by atoms with Crippen LogP contribution in [0.4, 0.5) is 5.69 Å². The molecule has 0 fully saturated rings. The molecule has 1 N–H and O–H groups in total. The Labute approximate surface area is 170 Å². The van der Waals surface area contributed by atoms with Crippen LogP contribution in [0.3, 0.4) is 0 Å². The average molecular weight is 427 g/mol. The van der Waals surface area contributed by atoms with E-state index < -0.39 is 15.9 Å². The molecule has 2 aromatic rings. The number of ether oxygens (including phenoxy) is 2. The van der Waals surface area contributed by atoms with Gasteiger partial charge in [-0.1, -0.05) is 11.6 Å². The first-order valence-corrected chi connectivity index (χ1v) is 10.2. The van der Waals surface area contributed by atoms with Gasteiger partial charge in [0.1, 0.15) is 11.5 Å². The van der Waals surface area contributed by atoms with E-state index in [2.05, 4.69) is 5.32 Å². The van der Waals surface area contributed by atoms with Gasteiger partial charge in [0.25, 0.3) is 5.91 Å². The summed E-state index contributed by atoms with van der Waals surface area (Å²) in [5.41, 5.74) is 0.403. The quantitative estimate of drug-likeness (QED) is 0.730. The molecule has 0 unspecified atom stereocenters. The molecule has 28 heavy (non-hydrogen) atoms. The second kappa shape index (κ2) is 8.81. The van der Waals surface area contributed by atoms with Crippen molar-refractivity contribution >= 4 is 33.2 Å². The van der Waals surface area contributed by atoms with Crippen LogP contribution in [-0.4, -0.2) is 45.9 Å². The van der Waals surface area contributed by atoms with Crippen molar-refractivity contribution in [1.82, 2.24) is 4.31 Å². The first-order valence-electron chi connectivity index (χ1n) is 8.42. The van der Waals surface area contributed by atoms with Gasteiger partial charge >= 0.3 is 0 Å². The molecule has 2 rings (SSSR count). The second-order valence-electron chi connectivity index (χ2n) is 6.28. The van der Waals surface area contributed by atoms with Crippen molar-refractivity contribution in [3.8, 4) is 11.5 Å². The molecule has 0 aliphatic rings. The standard InChI is InChI=1S/C19H23ClN2O5S/c1-12(2)22(3)28(24,25)14-7-8-16(20)15(11-14)19(23)21-17-10-13(26-4)6-9-18(17)27-5/h6-12H,1-5H3,(H,21,23). The highest BCUT2D eigenvalue weighted by molar-refractivity contribution is 7.89. The number of hydrogen-bond donors (Lipinski definition) is 1. The zero-order chi connectivity index (χ0) is 21.1. The Morgan fingerprint density at radius 2 is 1.79 bits per heavy atom. The van der Waals surface area contributed by atoms with E-state index in [1.54, 1.807) is 32.0 Å². The summed E-state index contributed by atoms with van der Waals surface area (Å²) in [4.78, 5) is 12.8. The molecule has 0 heterocycles. The molecule has 0 aliphatic carbocycles. The summed E-state index contributed by atoms with van der Waals surface area (Å²) in [6.45, 7) is 3.52. The van der Waals surface area contributed by atoms with E-state index >= 15 is 0 Å². The molecule has 0 bridgehead atoms. The Morgan fingerprint density at radius 3 is 2.36 bits per heavy atom. The summed E-state index contributed by atoms with van der Waals surface area (Å²) in [6.07, 6.45) is 0. The molecule has 0 saturated heterocycles. The normalized spacial score (nSPS) is 11.6. The van der Waals surface area contributed by atoms with Crippen molar-refractivity contribution in [2.45, 2.75) is 24.8 Å². The fourth-order valence-corrected chi connectivity index (χ4v) is 3.98. The molecule has 2 aromatic carbocycles. The van der Waals surface area contributed by atoms with Gasteiger partial charge in [0.15, 0.2) is 0 Å². The van der Waals surface area contributed by atoms with Crippen molar-refractivity contribution in [3.05, 3.63) is 47.0 Å². The molecule has 0 aliphatic heterocycles. The van der Waals surface area contributed by atoms with E-state index in [1.807, 2.05) is 0 Å². The Hall–Kier alpha value is -2.29. The van der Waals surface area contributed by atoms with Gasteiger partial charge in [-0.3, -0.25) is 4.79 Å². The van der Waals surface area contributed by atoms with Crippen LogP contribution in [0, 0.1) is 0 Å². The number of rotatable bonds is 7. The third-order valence-electron chi connectivity index (χ3n) is 4.24. The number of carbonyl (C=O) groups excluding carboxylic acids is 1. The first-order chi connectivity index (χ1) is 13.1. The van der Waals surface area contributed by atoms with Crippen LogP contribution < -0.4 is 14.8 Å². The molecule has 0 radical (unpaired) electrons. The van der Waals surface area contributed by atoms with Gasteiger partial charge in [-0.15, -0.1) is 0 Å². The summed E-state index contributed by atoms with van der Waals surface area (Å²) in [5, 5.41) is 2.82. The van der Waals surface area contributed by atoms with Gasteiger partial charge in [0, 0.05) is 19.2 Å². The summed E-state index contributed by atoms with van der Waals surface area (Å²) >= 11 is 6.16. The highest BCUT2D eigenvalue weighted by Crippen LogP contribution is 2.30. The summed E-state index contributed by atoms with van der Waals surface area (Å²) in [5.74, 6) is 0.381. The summed E-state index contributed by atoms with van der Waals surface area (Å²) in [6, 6.07) is 8.72. The second-order valence-corrected chi connectivity index (χ2v) is 8.68. The number of benzene rings is 2. The Bertz CT molecular complexity index is 976. The van der Waals surface area contributed by atoms with Gasteiger partial charge in [0.2, 0.25) is 10.0 Å². The minimum Gasteiger partial charge on any atom is -0.497 e. The molecule has 7 nitrogen and oxygen atoms in total. The molecule has 0 atom stereocenters. The minimum atomic E-state index is -3.76. The smallest absolute Gasteiger partial charge is 0.257 e. The Kier molecular flexibility index (Phi) is 6.92. The zero-order valence-electron chi connectivity index (χ0n) is 16.3. The monoisotopic (exact) mass is 426 g/mol. The van der Waals surface area contributed by atoms with E-state index in [9.17, 15) is 13.2 Å². The Morgan fingerprint density at radius 1 is 1.11 bits per heavy atom. The van der Waals surface area contributed by atoms with E-state index in [1.165, 1.54) is 43.8 Å². The molecule has 0 spiro atoms. The summed E-state index contributed by atoms with van der Waals surface area (Å²) in [7, 11) is 0.700. The lowest BCUT2D eigenvalue weighted by molar-refractivity contribution is 0.102. The van der Waals surface area contributed by atoms with Crippen molar-refractivity contribution in [2.75, 3.05) is 26.6 Å². The summed E-state index contributed by atoms with van der Waals surface area (Å²) < 4.78 is 37.1. The number of nitrogens with one attached hydrogen (secondary N) is 1. The third-order valence-corrected chi connectivity index (χ3v) is 6.60. The van der Waals surface area contributed by atoms with E-state index in [0.29, 0.717) is 17.2 Å². The zero-order valence-corrected chi connectivity index (χ0v) is 17.9. The maximum absolute atomic E-state index is 12.8. The van der Waals surface area contributed by atoms with Crippen LogP contribution in [0.25, 0.3) is 0 Å². The fourth-order valence-electron chi connectivity index (χ4n) is 2.38. The van der Waals surface area contributed by atoms with E-state index in [4.69, 9.17) is 21.1 Å². The number of anilines is 1. The van der Waals surface area contributed by atoms with Crippen molar-refractivity contribution in [1.29, 1.82) is 0 Å². The molecule has 0 aromatic heterocycles. The van der Waals surface area contributed by atoms with Crippen molar-refractivity contribution < 1.29 is 22.7 Å². The Balaban J connectivity index is 2.42. The topological polar surface area (TPSA) is 84.9 Å². The van der Waals surface area contributed by atoms with Gasteiger partial charge in [-0.25, -0.2) is 8.42 Å². The fraction of sp³-hybridized carbons (Fsp3) is 0.316. The number of sulfonamides is 1. The van der Waals surface area contributed by atoms with Crippen molar-refractivity contribution in [3.63, 3.8) is 0 Å². The van der Waals surface area contributed by atoms with Gasteiger partial charge in [-0.05, 0) is 44.2 Å². The van der Waals surface area contributed by atoms with Crippen LogP contribution in [0.15, 0.2) is 41.3 Å². The molecular weight excluding hydrogens is 404 g/mol. The SMILES string of the molecule is COc1ccc(OC)c(NC(=O)c2cc(S(=O)(=O)N(C)C(C)C)ccc2Cl)c1. The largest absolute Gasteiger partial charge is 0.497 e. The number of nitrogens with zero attached hydrogens (tertiary/aromatic N) is 1. The van der Waals surface area contributed by atoms with Crippen LogP contribution in [-0.2, 0) is 10.0 Å². The van der Waals surface area contributed by atoms with Crippen LogP contribution in [0.2, 0.25) is 5.02 Å². The number of hydrogen-bond acceptors (Lipinski definition) is 5. The number of methoxy groups -OCH3 is 2. The maximum Gasteiger partial charge on any atom is 0.257 e. The van der Waals surface area contributed by atoms with Crippen LogP contribution in [0.5, 0.6) is 11.5 Å². The van der Waals surface area contributed by atoms with Gasteiger partial charge < -0.3 is 14.8 Å². The lowest BCUT2D eigenvalue weighted by atomic mass is 10.2. The van der Waals surface area contributed by atoms with Crippen LogP contribution >= 0.6 is 11.6 Å². The van der Waals surface area contributed by atoms with Crippen LogP contribution in [0.1, 0.15) is 24.2 Å². The average Bonchev–Trinajstić information content (AvgIpc) is 2.67. The molecule has 152 valence electrons. The third kappa shape index (κ3) is 4.57. The molecule has 1 amide bonds. The molecule has 9 heteroatoms. The number of amides is 1. The van der Waals surface area contributed by atoms with Gasteiger partial charge in [-0.2, -0.15) is 4.31 Å². The molecule has 0 saturated carbocycles. The minimum absolute atomic E-state index is 0.0177. The predicted molar refractivity (Wildman–Crippen MR) is 109 cm³/mol. The van der Waals surface area contributed by atoms with E-state index in [0.717, 1.165) is 0 Å². The molecular formula is C19H23ClN2O5S. The predicted octanol–water partition coefficient (Wildman–Crippen LogP) is 3.64. The first kappa shape index (κ1) is 22.0. The highest BCUT2D eigenvalue weighted by Gasteiger charge is 2.25. The number of carbonyl (C=O) groups is 1.